The zero-order chi connectivity index (χ0) is 20.3. The lowest BCUT2D eigenvalue weighted by Crippen LogP contribution is -2.43. The van der Waals surface area contributed by atoms with Crippen LogP contribution in [0, 0.1) is 0 Å². The number of carbonyl (C=O) groups excluding carboxylic acids is 1. The monoisotopic (exact) mass is 397 g/mol. The summed E-state index contributed by atoms with van der Waals surface area (Å²) in [6.07, 6.45) is 4.53. The van der Waals surface area contributed by atoms with Crippen LogP contribution < -0.4 is 15.8 Å². The molecular weight excluding hydrogens is 366 g/mol. The molecule has 1 rings (SSSR count). The SMILES string of the molecule is CCCCCCNC(=NCc1ccc(S(N)(=O)=O)cc1)NCC(=O)N(C)C. The summed E-state index contributed by atoms with van der Waals surface area (Å²) in [4.78, 5) is 17.8. The number of nitrogens with one attached hydrogen (secondary N) is 2. The highest BCUT2D eigenvalue weighted by molar-refractivity contribution is 7.89. The van der Waals surface area contributed by atoms with Crippen molar-refractivity contribution < 1.29 is 13.2 Å². The van der Waals surface area contributed by atoms with Gasteiger partial charge in [-0.15, -0.1) is 0 Å². The molecule has 0 aromatic heterocycles. The molecule has 1 aromatic carbocycles. The number of likely N-dealkylation sites (N-methyl/N-ethyl adjacent to an activating group) is 1. The number of unbranched alkanes of at least 4 members (excludes halogenated alkanes) is 3. The number of nitrogens with zero attached hydrogens (tertiary/aromatic N) is 2. The Bertz CT molecular complexity index is 715. The van der Waals surface area contributed by atoms with Crippen molar-refractivity contribution in [1.29, 1.82) is 0 Å². The fourth-order valence-corrected chi connectivity index (χ4v) is 2.72. The minimum atomic E-state index is -3.70. The van der Waals surface area contributed by atoms with E-state index in [4.69, 9.17) is 5.14 Å². The third-order valence-corrected chi connectivity index (χ3v) is 4.83. The van der Waals surface area contributed by atoms with Gasteiger partial charge in [-0.05, 0) is 24.1 Å². The van der Waals surface area contributed by atoms with Gasteiger partial charge in [-0.2, -0.15) is 0 Å². The predicted molar refractivity (Wildman–Crippen MR) is 108 cm³/mol. The maximum absolute atomic E-state index is 11.8. The van der Waals surface area contributed by atoms with Crippen LogP contribution in [0.4, 0.5) is 0 Å². The van der Waals surface area contributed by atoms with Crippen molar-refractivity contribution in [3.63, 3.8) is 0 Å². The van der Waals surface area contributed by atoms with Crippen LogP contribution >= 0.6 is 0 Å². The van der Waals surface area contributed by atoms with E-state index in [2.05, 4.69) is 22.5 Å². The number of aliphatic imine (C=N–C) groups is 1. The van der Waals surface area contributed by atoms with Gasteiger partial charge in [0.2, 0.25) is 15.9 Å². The van der Waals surface area contributed by atoms with Gasteiger partial charge in [0, 0.05) is 20.6 Å². The smallest absolute Gasteiger partial charge is 0.241 e. The topological polar surface area (TPSA) is 117 Å². The minimum absolute atomic E-state index is 0.0482. The highest BCUT2D eigenvalue weighted by Gasteiger charge is 2.08. The molecule has 152 valence electrons. The normalized spacial score (nSPS) is 11.9. The van der Waals surface area contributed by atoms with E-state index in [1.165, 1.54) is 29.9 Å². The number of nitrogens with two attached hydrogens (primary N) is 1. The average molecular weight is 398 g/mol. The number of carbonyl (C=O) groups is 1. The van der Waals surface area contributed by atoms with Crippen molar-refractivity contribution >= 4 is 21.9 Å². The Hall–Kier alpha value is -2.13. The molecule has 0 radical (unpaired) electrons. The Balaban J connectivity index is 2.69. The van der Waals surface area contributed by atoms with Gasteiger partial charge in [-0.1, -0.05) is 38.3 Å². The zero-order valence-electron chi connectivity index (χ0n) is 16.4. The van der Waals surface area contributed by atoms with Crippen LogP contribution in [0.2, 0.25) is 0 Å². The van der Waals surface area contributed by atoms with Gasteiger partial charge in [-0.25, -0.2) is 18.5 Å². The Morgan fingerprint density at radius 2 is 1.78 bits per heavy atom. The first-order valence-corrected chi connectivity index (χ1v) is 10.6. The number of amides is 1. The number of hydrogen-bond acceptors (Lipinski definition) is 4. The van der Waals surface area contributed by atoms with Gasteiger partial charge in [-0.3, -0.25) is 4.79 Å². The lowest BCUT2D eigenvalue weighted by atomic mass is 10.2. The Kier molecular flexibility index (Phi) is 9.81. The molecule has 4 N–H and O–H groups in total. The van der Waals surface area contributed by atoms with Crippen LogP contribution in [0.3, 0.4) is 0 Å². The number of benzene rings is 1. The molecule has 27 heavy (non-hydrogen) atoms. The molecule has 0 atom stereocenters. The molecule has 0 unspecified atom stereocenters. The number of rotatable bonds is 10. The van der Waals surface area contributed by atoms with E-state index in [1.54, 1.807) is 26.2 Å². The molecule has 9 heteroatoms. The summed E-state index contributed by atoms with van der Waals surface area (Å²) in [6, 6.07) is 6.27. The fourth-order valence-electron chi connectivity index (χ4n) is 2.21. The Morgan fingerprint density at radius 3 is 2.33 bits per heavy atom. The molecule has 1 amide bonds. The van der Waals surface area contributed by atoms with Crippen LogP contribution in [-0.4, -0.2) is 52.4 Å². The molecule has 0 spiro atoms. The van der Waals surface area contributed by atoms with E-state index in [1.807, 2.05) is 0 Å². The largest absolute Gasteiger partial charge is 0.356 e. The molecule has 0 heterocycles. The third-order valence-electron chi connectivity index (χ3n) is 3.90. The van der Waals surface area contributed by atoms with Crippen LogP contribution in [-0.2, 0) is 21.4 Å². The van der Waals surface area contributed by atoms with Gasteiger partial charge in [0.25, 0.3) is 0 Å². The van der Waals surface area contributed by atoms with Crippen molar-refractivity contribution in [2.45, 2.75) is 44.0 Å². The number of sulfonamides is 1. The standard InChI is InChI=1S/C18H31N5O3S/c1-4-5-6-7-12-20-18(22-14-17(24)23(2)3)21-13-15-8-10-16(11-9-15)27(19,25)26/h8-11H,4-7,12-14H2,1-3H3,(H2,19,25,26)(H2,20,21,22). The first kappa shape index (κ1) is 22.9. The zero-order valence-corrected chi connectivity index (χ0v) is 17.2. The van der Waals surface area contributed by atoms with E-state index < -0.39 is 10.0 Å². The van der Waals surface area contributed by atoms with Crippen molar-refractivity contribution in [1.82, 2.24) is 15.5 Å². The van der Waals surface area contributed by atoms with Gasteiger partial charge >= 0.3 is 0 Å². The molecule has 0 fully saturated rings. The second-order valence-corrected chi connectivity index (χ2v) is 8.04. The number of primary sulfonamides is 1. The number of guanidine groups is 1. The van der Waals surface area contributed by atoms with Crippen molar-refractivity contribution in [3.05, 3.63) is 29.8 Å². The first-order chi connectivity index (χ1) is 12.7. The summed E-state index contributed by atoms with van der Waals surface area (Å²) in [7, 11) is -0.299. The van der Waals surface area contributed by atoms with E-state index in [0.717, 1.165) is 24.9 Å². The predicted octanol–water partition coefficient (Wildman–Crippen LogP) is 1.04. The van der Waals surface area contributed by atoms with Crippen molar-refractivity contribution in [3.8, 4) is 0 Å². The van der Waals surface area contributed by atoms with Gasteiger partial charge in [0.05, 0.1) is 18.0 Å². The second-order valence-electron chi connectivity index (χ2n) is 6.48. The molecule has 8 nitrogen and oxygen atoms in total. The first-order valence-electron chi connectivity index (χ1n) is 9.08. The van der Waals surface area contributed by atoms with Gasteiger partial charge in [0.1, 0.15) is 0 Å². The molecule has 0 bridgehead atoms. The quantitative estimate of drug-likeness (QED) is 0.310. The van der Waals surface area contributed by atoms with Crippen LogP contribution in [0.1, 0.15) is 38.2 Å². The lowest BCUT2D eigenvalue weighted by molar-refractivity contribution is -0.127. The molecule has 0 saturated heterocycles. The molecule has 0 aliphatic carbocycles. The fraction of sp³-hybridized carbons (Fsp3) is 0.556. The molecule has 0 aliphatic rings. The summed E-state index contributed by atoms with van der Waals surface area (Å²) in [5, 5.41) is 11.4. The summed E-state index contributed by atoms with van der Waals surface area (Å²) in [6.45, 7) is 3.44. The molecular formula is C18H31N5O3S. The summed E-state index contributed by atoms with van der Waals surface area (Å²) in [5.74, 6) is 0.505. The molecule has 1 aromatic rings. The van der Waals surface area contributed by atoms with Crippen molar-refractivity contribution in [2.24, 2.45) is 10.1 Å². The van der Waals surface area contributed by atoms with Crippen LogP contribution in [0.25, 0.3) is 0 Å². The molecule has 0 saturated carbocycles. The second kappa shape index (κ2) is 11.6. The summed E-state index contributed by atoms with van der Waals surface area (Å²) >= 11 is 0. The Morgan fingerprint density at radius 1 is 1.11 bits per heavy atom. The third kappa shape index (κ3) is 9.39. The van der Waals surface area contributed by atoms with Crippen LogP contribution in [0.5, 0.6) is 0 Å². The van der Waals surface area contributed by atoms with Gasteiger partial charge < -0.3 is 15.5 Å². The van der Waals surface area contributed by atoms with Crippen LogP contribution in [0.15, 0.2) is 34.2 Å². The summed E-state index contributed by atoms with van der Waals surface area (Å²) in [5.41, 5.74) is 0.841. The molecule has 0 aliphatic heterocycles. The maximum atomic E-state index is 11.8. The van der Waals surface area contributed by atoms with Gasteiger partial charge in [0.15, 0.2) is 5.96 Å². The highest BCUT2D eigenvalue weighted by atomic mass is 32.2. The van der Waals surface area contributed by atoms with E-state index in [-0.39, 0.29) is 17.3 Å². The summed E-state index contributed by atoms with van der Waals surface area (Å²) < 4.78 is 22.6. The Labute approximate surface area is 162 Å². The maximum Gasteiger partial charge on any atom is 0.241 e. The van der Waals surface area contributed by atoms with Crippen molar-refractivity contribution in [2.75, 3.05) is 27.2 Å². The highest BCUT2D eigenvalue weighted by Crippen LogP contribution is 2.09. The van der Waals surface area contributed by atoms with E-state index >= 15 is 0 Å². The number of hydrogen-bond donors (Lipinski definition) is 3. The minimum Gasteiger partial charge on any atom is -0.356 e. The van der Waals surface area contributed by atoms with E-state index in [9.17, 15) is 13.2 Å². The average Bonchev–Trinajstić information content (AvgIpc) is 2.62. The lowest BCUT2D eigenvalue weighted by Gasteiger charge is -2.15. The van der Waals surface area contributed by atoms with E-state index in [0.29, 0.717) is 12.5 Å².